The largest absolute Gasteiger partial charge is 0.478 e. The van der Waals surface area contributed by atoms with E-state index in [4.69, 9.17) is 14.6 Å². The highest BCUT2D eigenvalue weighted by atomic mass is 16.5. The minimum absolute atomic E-state index is 0.0555. The molecular weight excluding hydrogens is 318 g/mol. The summed E-state index contributed by atoms with van der Waals surface area (Å²) in [6.07, 6.45) is 1.47. The van der Waals surface area contributed by atoms with Crippen LogP contribution in [0.3, 0.4) is 0 Å². The lowest BCUT2D eigenvalue weighted by Gasteiger charge is -2.09. The van der Waals surface area contributed by atoms with E-state index in [2.05, 4.69) is 5.32 Å². The van der Waals surface area contributed by atoms with E-state index in [1.807, 2.05) is 0 Å². The van der Waals surface area contributed by atoms with Gasteiger partial charge in [0, 0.05) is 17.8 Å². The Hall–Kier alpha value is -3.16. The molecule has 0 radical (unpaired) electrons. The van der Waals surface area contributed by atoms with Crippen LogP contribution in [0, 0.1) is 0 Å². The first-order chi connectivity index (χ1) is 11.4. The number of benzene rings is 1. The van der Waals surface area contributed by atoms with E-state index in [1.54, 1.807) is 13.8 Å². The molecule has 0 aliphatic heterocycles. The van der Waals surface area contributed by atoms with Crippen molar-refractivity contribution in [1.29, 1.82) is 0 Å². The van der Waals surface area contributed by atoms with Crippen molar-refractivity contribution in [3.05, 3.63) is 41.5 Å². The van der Waals surface area contributed by atoms with Gasteiger partial charge in [0.05, 0.1) is 24.3 Å². The fourth-order valence-electron chi connectivity index (χ4n) is 1.70. The van der Waals surface area contributed by atoms with Gasteiger partial charge in [-0.1, -0.05) is 0 Å². The van der Waals surface area contributed by atoms with Gasteiger partial charge >= 0.3 is 17.9 Å². The van der Waals surface area contributed by atoms with Crippen LogP contribution in [0.4, 0.5) is 5.69 Å². The normalized spacial score (nSPS) is 10.2. The zero-order chi connectivity index (χ0) is 18.1. The van der Waals surface area contributed by atoms with Crippen molar-refractivity contribution in [2.75, 3.05) is 18.5 Å². The maximum Gasteiger partial charge on any atom is 0.338 e. The molecule has 1 aromatic rings. The van der Waals surface area contributed by atoms with Crippen LogP contribution in [0.5, 0.6) is 0 Å². The molecule has 0 heterocycles. The molecule has 1 aromatic carbocycles. The summed E-state index contributed by atoms with van der Waals surface area (Å²) >= 11 is 0. The highest BCUT2D eigenvalue weighted by Crippen LogP contribution is 2.17. The average molecular weight is 335 g/mol. The summed E-state index contributed by atoms with van der Waals surface area (Å²) in [5.41, 5.74) is 0.239. The Labute approximate surface area is 138 Å². The van der Waals surface area contributed by atoms with Gasteiger partial charge in [-0.3, -0.25) is 4.79 Å². The van der Waals surface area contributed by atoms with Gasteiger partial charge in [-0.15, -0.1) is 0 Å². The molecule has 0 saturated carbocycles. The van der Waals surface area contributed by atoms with E-state index in [0.717, 1.165) is 6.08 Å². The van der Waals surface area contributed by atoms with Crippen LogP contribution < -0.4 is 5.32 Å². The lowest BCUT2D eigenvalue weighted by Crippen LogP contribution is -2.13. The monoisotopic (exact) mass is 335 g/mol. The average Bonchev–Trinajstić information content (AvgIpc) is 2.53. The van der Waals surface area contributed by atoms with E-state index in [0.29, 0.717) is 6.08 Å². The molecule has 8 nitrogen and oxygen atoms in total. The van der Waals surface area contributed by atoms with Crippen LogP contribution >= 0.6 is 0 Å². The van der Waals surface area contributed by atoms with E-state index in [9.17, 15) is 19.2 Å². The van der Waals surface area contributed by atoms with Crippen LogP contribution in [0.15, 0.2) is 30.4 Å². The van der Waals surface area contributed by atoms with Crippen molar-refractivity contribution in [3.63, 3.8) is 0 Å². The number of hydrogen-bond acceptors (Lipinski definition) is 6. The molecule has 0 fully saturated rings. The van der Waals surface area contributed by atoms with Gasteiger partial charge in [-0.05, 0) is 32.0 Å². The molecule has 1 rings (SSSR count). The quantitative estimate of drug-likeness (QED) is 0.574. The first-order valence-corrected chi connectivity index (χ1v) is 7.08. The number of anilines is 1. The number of rotatable bonds is 7. The third-order valence-electron chi connectivity index (χ3n) is 2.60. The third-order valence-corrected chi connectivity index (χ3v) is 2.60. The molecule has 0 aromatic heterocycles. The minimum atomic E-state index is -1.28. The number of aliphatic carboxylic acids is 1. The number of ether oxygens (including phenoxy) is 2. The summed E-state index contributed by atoms with van der Waals surface area (Å²) in [7, 11) is 0. The smallest absolute Gasteiger partial charge is 0.338 e. The second-order valence-electron chi connectivity index (χ2n) is 4.40. The first-order valence-electron chi connectivity index (χ1n) is 7.08. The zero-order valence-corrected chi connectivity index (χ0v) is 13.2. The number of nitrogens with one attached hydrogen (secondary N) is 1. The SMILES string of the molecule is CCOC(=O)c1cc(NC(=O)C=CC(=O)O)cc(C(=O)OCC)c1. The highest BCUT2D eigenvalue weighted by molar-refractivity contribution is 6.04. The Morgan fingerprint density at radius 3 is 1.88 bits per heavy atom. The topological polar surface area (TPSA) is 119 Å². The van der Waals surface area contributed by atoms with Crippen molar-refractivity contribution in [2.24, 2.45) is 0 Å². The van der Waals surface area contributed by atoms with Gasteiger partial charge in [0.15, 0.2) is 0 Å². The molecule has 0 bridgehead atoms. The lowest BCUT2D eigenvalue weighted by molar-refractivity contribution is -0.131. The van der Waals surface area contributed by atoms with Gasteiger partial charge < -0.3 is 19.9 Å². The van der Waals surface area contributed by atoms with Crippen molar-refractivity contribution < 1.29 is 33.8 Å². The second kappa shape index (κ2) is 9.09. The van der Waals surface area contributed by atoms with Crippen molar-refractivity contribution in [1.82, 2.24) is 0 Å². The molecule has 24 heavy (non-hydrogen) atoms. The molecule has 0 saturated heterocycles. The molecule has 0 aliphatic rings. The van der Waals surface area contributed by atoms with Gasteiger partial charge in [-0.25, -0.2) is 14.4 Å². The molecule has 0 spiro atoms. The Morgan fingerprint density at radius 2 is 1.46 bits per heavy atom. The molecule has 1 amide bonds. The highest BCUT2D eigenvalue weighted by Gasteiger charge is 2.15. The fourth-order valence-corrected chi connectivity index (χ4v) is 1.70. The zero-order valence-electron chi connectivity index (χ0n) is 13.2. The van der Waals surface area contributed by atoms with E-state index in [1.165, 1.54) is 18.2 Å². The van der Waals surface area contributed by atoms with Crippen molar-refractivity contribution in [2.45, 2.75) is 13.8 Å². The van der Waals surface area contributed by atoms with E-state index in [-0.39, 0.29) is 30.0 Å². The maximum absolute atomic E-state index is 11.9. The molecule has 8 heteroatoms. The van der Waals surface area contributed by atoms with E-state index < -0.39 is 23.8 Å². The molecular formula is C16H17NO7. The minimum Gasteiger partial charge on any atom is -0.478 e. The third kappa shape index (κ3) is 5.91. The molecule has 0 atom stereocenters. The van der Waals surface area contributed by atoms with Crippen LogP contribution in [0.1, 0.15) is 34.6 Å². The molecule has 128 valence electrons. The van der Waals surface area contributed by atoms with E-state index >= 15 is 0 Å². The first kappa shape index (κ1) is 18.9. The lowest BCUT2D eigenvalue weighted by atomic mass is 10.1. The summed E-state index contributed by atoms with van der Waals surface area (Å²) in [4.78, 5) is 45.7. The molecule has 0 aliphatic carbocycles. The van der Waals surface area contributed by atoms with Gasteiger partial charge in [0.25, 0.3) is 0 Å². The Kier molecular flexibility index (Phi) is 7.15. The maximum atomic E-state index is 11.9. The number of carboxylic acids is 1. The van der Waals surface area contributed by atoms with Crippen LogP contribution in [-0.4, -0.2) is 42.1 Å². The number of esters is 2. The fraction of sp³-hybridized carbons (Fsp3) is 0.250. The van der Waals surface area contributed by atoms with Gasteiger partial charge in [-0.2, -0.15) is 0 Å². The van der Waals surface area contributed by atoms with Gasteiger partial charge in [0.2, 0.25) is 5.91 Å². The van der Waals surface area contributed by atoms with Crippen molar-refractivity contribution in [3.8, 4) is 0 Å². The van der Waals surface area contributed by atoms with Gasteiger partial charge in [0.1, 0.15) is 0 Å². The summed E-state index contributed by atoms with van der Waals surface area (Å²) in [5.74, 6) is -3.34. The molecule has 0 unspecified atom stereocenters. The summed E-state index contributed by atoms with van der Waals surface area (Å²) < 4.78 is 9.73. The predicted molar refractivity (Wildman–Crippen MR) is 83.8 cm³/mol. The van der Waals surface area contributed by atoms with Crippen molar-refractivity contribution >= 4 is 29.5 Å². The van der Waals surface area contributed by atoms with Crippen LogP contribution in [0.25, 0.3) is 0 Å². The Balaban J connectivity index is 3.13. The predicted octanol–water partition coefficient (Wildman–Crippen LogP) is 1.62. The Morgan fingerprint density at radius 1 is 0.958 bits per heavy atom. The Bertz CT molecular complexity index is 643. The number of carboxylic acid groups (broad SMARTS) is 1. The van der Waals surface area contributed by atoms with Crippen LogP contribution in [-0.2, 0) is 19.1 Å². The summed E-state index contributed by atoms with van der Waals surface area (Å²) in [6.45, 7) is 3.55. The van der Waals surface area contributed by atoms with Crippen LogP contribution in [0.2, 0.25) is 0 Å². The number of amides is 1. The summed E-state index contributed by atoms with van der Waals surface area (Å²) in [5, 5.41) is 10.9. The summed E-state index contributed by atoms with van der Waals surface area (Å²) in [6, 6.07) is 3.92. The molecule has 2 N–H and O–H groups in total. The standard InChI is InChI=1S/C16H17NO7/c1-3-23-15(21)10-7-11(16(22)24-4-2)9-12(8-10)17-13(18)5-6-14(19)20/h5-9H,3-4H2,1-2H3,(H,17,18)(H,19,20). The number of carbonyl (C=O) groups excluding carboxylic acids is 3. The number of hydrogen-bond donors (Lipinski definition) is 2. The second-order valence-corrected chi connectivity index (χ2v) is 4.40. The number of carbonyl (C=O) groups is 4.